The lowest BCUT2D eigenvalue weighted by atomic mass is 10.1. The summed E-state index contributed by atoms with van der Waals surface area (Å²) in [5, 5.41) is 6.17. The summed E-state index contributed by atoms with van der Waals surface area (Å²) in [7, 11) is 3.12. The summed E-state index contributed by atoms with van der Waals surface area (Å²) in [4.78, 5) is 12.6. The van der Waals surface area contributed by atoms with Crippen LogP contribution in [0.25, 0.3) is 10.8 Å². The molecule has 156 valence electrons. The van der Waals surface area contributed by atoms with Gasteiger partial charge in [-0.1, -0.05) is 43.3 Å². The maximum absolute atomic E-state index is 12.6. The van der Waals surface area contributed by atoms with Crippen molar-refractivity contribution in [2.75, 3.05) is 14.2 Å². The molecule has 0 saturated heterocycles. The largest absolute Gasteiger partial charge is 0.493 e. The van der Waals surface area contributed by atoms with Crippen LogP contribution in [-0.2, 0) is 4.79 Å². The molecule has 0 aliphatic heterocycles. The molecule has 7 heteroatoms. The molecule has 0 bridgehead atoms. The molecular formula is C23H23BrN2O4. The van der Waals surface area contributed by atoms with Crippen molar-refractivity contribution in [1.82, 2.24) is 5.43 Å². The van der Waals surface area contributed by atoms with E-state index in [0.717, 1.165) is 15.2 Å². The van der Waals surface area contributed by atoms with Crippen LogP contribution in [0.2, 0.25) is 0 Å². The molecule has 30 heavy (non-hydrogen) atoms. The third-order valence-corrected chi connectivity index (χ3v) is 5.39. The number of ether oxygens (including phenoxy) is 3. The topological polar surface area (TPSA) is 69.2 Å². The van der Waals surface area contributed by atoms with Gasteiger partial charge < -0.3 is 14.2 Å². The molecule has 0 aromatic heterocycles. The fourth-order valence-electron chi connectivity index (χ4n) is 3.03. The molecule has 1 atom stereocenters. The van der Waals surface area contributed by atoms with Gasteiger partial charge in [-0.3, -0.25) is 4.79 Å². The maximum atomic E-state index is 12.6. The molecule has 3 rings (SSSR count). The molecule has 0 aliphatic carbocycles. The Balaban J connectivity index is 1.72. The number of methoxy groups -OCH3 is 2. The highest BCUT2D eigenvalue weighted by Crippen LogP contribution is 2.34. The summed E-state index contributed by atoms with van der Waals surface area (Å²) in [6.45, 7) is 1.88. The van der Waals surface area contributed by atoms with Crippen molar-refractivity contribution >= 4 is 38.8 Å². The van der Waals surface area contributed by atoms with E-state index in [2.05, 4.69) is 26.5 Å². The number of carbonyl (C=O) groups is 1. The molecular weight excluding hydrogens is 448 g/mol. The van der Waals surface area contributed by atoms with Crippen LogP contribution < -0.4 is 19.6 Å². The Hall–Kier alpha value is -3.06. The normalized spacial score (nSPS) is 12.0. The number of nitrogens with one attached hydrogen (secondary N) is 1. The van der Waals surface area contributed by atoms with Crippen LogP contribution in [-0.4, -0.2) is 32.4 Å². The van der Waals surface area contributed by atoms with Gasteiger partial charge in [-0.05, 0) is 51.3 Å². The van der Waals surface area contributed by atoms with Crippen molar-refractivity contribution in [3.8, 4) is 17.2 Å². The van der Waals surface area contributed by atoms with Gasteiger partial charge in [0, 0.05) is 5.56 Å². The Morgan fingerprint density at radius 1 is 1.07 bits per heavy atom. The lowest BCUT2D eigenvalue weighted by molar-refractivity contribution is -0.128. The molecule has 1 amide bonds. The molecule has 0 heterocycles. The molecule has 6 nitrogen and oxygen atoms in total. The standard InChI is InChI=1S/C23H23BrN2O4/c1-4-18(30-19-13-12-15-8-5-6-10-17(15)21(19)24)23(27)26-25-14-16-9-7-11-20(28-2)22(16)29-3/h5-14,18H,4H2,1-3H3,(H,26,27)/t18-/m1/s1. The zero-order chi connectivity index (χ0) is 21.5. The Kier molecular flexibility index (Phi) is 7.30. The molecule has 0 saturated carbocycles. The van der Waals surface area contributed by atoms with Crippen LogP contribution in [0.3, 0.4) is 0 Å². The van der Waals surface area contributed by atoms with E-state index in [1.807, 2.05) is 55.5 Å². The van der Waals surface area contributed by atoms with E-state index >= 15 is 0 Å². The van der Waals surface area contributed by atoms with Crippen molar-refractivity contribution in [3.63, 3.8) is 0 Å². The Morgan fingerprint density at radius 3 is 2.60 bits per heavy atom. The van der Waals surface area contributed by atoms with Crippen molar-refractivity contribution in [2.24, 2.45) is 5.10 Å². The number of fused-ring (bicyclic) bond motifs is 1. The van der Waals surface area contributed by atoms with Crippen LogP contribution in [0.4, 0.5) is 0 Å². The van der Waals surface area contributed by atoms with Gasteiger partial charge in [0.15, 0.2) is 17.6 Å². The minimum atomic E-state index is -0.688. The second-order valence-corrected chi connectivity index (χ2v) is 7.22. The zero-order valence-corrected chi connectivity index (χ0v) is 18.6. The molecule has 0 spiro atoms. The van der Waals surface area contributed by atoms with Gasteiger partial charge in [0.2, 0.25) is 0 Å². The second-order valence-electron chi connectivity index (χ2n) is 6.43. The number of carbonyl (C=O) groups excluding carboxylic acids is 1. The summed E-state index contributed by atoms with van der Waals surface area (Å²) >= 11 is 3.59. The van der Waals surface area contributed by atoms with Crippen LogP contribution in [0.1, 0.15) is 18.9 Å². The van der Waals surface area contributed by atoms with E-state index in [-0.39, 0.29) is 5.91 Å². The number of benzene rings is 3. The number of hydrogen-bond acceptors (Lipinski definition) is 5. The predicted octanol–water partition coefficient (Wildman–Crippen LogP) is 4.93. The highest BCUT2D eigenvalue weighted by atomic mass is 79.9. The third kappa shape index (κ3) is 4.74. The molecule has 0 aliphatic rings. The first-order valence-corrected chi connectivity index (χ1v) is 10.3. The van der Waals surface area contributed by atoms with Crippen molar-refractivity contribution in [1.29, 1.82) is 0 Å². The lowest BCUT2D eigenvalue weighted by Crippen LogP contribution is -2.35. The minimum absolute atomic E-state index is 0.337. The minimum Gasteiger partial charge on any atom is -0.493 e. The predicted molar refractivity (Wildman–Crippen MR) is 122 cm³/mol. The van der Waals surface area contributed by atoms with E-state index in [4.69, 9.17) is 14.2 Å². The fraction of sp³-hybridized carbons (Fsp3) is 0.217. The van der Waals surface area contributed by atoms with E-state index in [1.165, 1.54) is 6.21 Å². The van der Waals surface area contributed by atoms with Crippen molar-refractivity contribution in [3.05, 3.63) is 64.6 Å². The molecule has 0 radical (unpaired) electrons. The first kappa shape index (κ1) is 21.6. The summed E-state index contributed by atoms with van der Waals surface area (Å²) < 4.78 is 17.4. The quantitative estimate of drug-likeness (QED) is 0.374. The average molecular weight is 471 g/mol. The molecule has 1 N–H and O–H groups in total. The van der Waals surface area contributed by atoms with Gasteiger partial charge in [-0.15, -0.1) is 0 Å². The van der Waals surface area contributed by atoms with E-state index in [1.54, 1.807) is 20.3 Å². The SMILES string of the molecule is CC[C@@H](Oc1ccc2ccccc2c1Br)C(=O)NN=Cc1cccc(OC)c1OC. The maximum Gasteiger partial charge on any atom is 0.281 e. The summed E-state index contributed by atoms with van der Waals surface area (Å²) in [6, 6.07) is 17.2. The van der Waals surface area contributed by atoms with Crippen LogP contribution in [0.15, 0.2) is 64.2 Å². The highest BCUT2D eigenvalue weighted by Gasteiger charge is 2.20. The highest BCUT2D eigenvalue weighted by molar-refractivity contribution is 9.10. The van der Waals surface area contributed by atoms with Gasteiger partial charge in [-0.25, -0.2) is 5.43 Å². The Labute approximate surface area is 184 Å². The first-order chi connectivity index (χ1) is 14.6. The van der Waals surface area contributed by atoms with Gasteiger partial charge in [0.05, 0.1) is 24.9 Å². The summed E-state index contributed by atoms with van der Waals surface area (Å²) in [6.07, 6.45) is 1.31. The van der Waals surface area contributed by atoms with Crippen molar-refractivity contribution < 1.29 is 19.0 Å². The molecule has 0 unspecified atom stereocenters. The number of hydrogen-bond donors (Lipinski definition) is 1. The van der Waals surface area contributed by atoms with Crippen molar-refractivity contribution in [2.45, 2.75) is 19.4 Å². The van der Waals surface area contributed by atoms with Gasteiger partial charge in [0.25, 0.3) is 5.91 Å². The number of nitrogens with zero attached hydrogens (tertiary/aromatic N) is 1. The molecule has 3 aromatic rings. The summed E-state index contributed by atoms with van der Waals surface area (Å²) in [5.41, 5.74) is 3.23. The van der Waals surface area contributed by atoms with Gasteiger partial charge >= 0.3 is 0 Å². The number of hydrazone groups is 1. The van der Waals surface area contributed by atoms with Gasteiger partial charge in [0.1, 0.15) is 5.75 Å². The zero-order valence-electron chi connectivity index (χ0n) is 17.0. The smallest absolute Gasteiger partial charge is 0.281 e. The van der Waals surface area contributed by atoms with E-state index < -0.39 is 6.10 Å². The second kappa shape index (κ2) is 10.1. The van der Waals surface area contributed by atoms with Crippen LogP contribution >= 0.6 is 15.9 Å². The average Bonchev–Trinajstić information content (AvgIpc) is 2.78. The Bertz CT molecular complexity index is 1070. The van der Waals surface area contributed by atoms with Crippen LogP contribution in [0, 0.1) is 0 Å². The monoisotopic (exact) mass is 470 g/mol. The Morgan fingerprint density at radius 2 is 1.87 bits per heavy atom. The van der Waals surface area contributed by atoms with E-state index in [9.17, 15) is 4.79 Å². The lowest BCUT2D eigenvalue weighted by Gasteiger charge is -2.17. The van der Waals surface area contributed by atoms with E-state index in [0.29, 0.717) is 29.2 Å². The van der Waals surface area contributed by atoms with Crippen LogP contribution in [0.5, 0.6) is 17.2 Å². The fourth-order valence-corrected chi connectivity index (χ4v) is 3.62. The number of rotatable bonds is 8. The first-order valence-electron chi connectivity index (χ1n) is 9.46. The number of para-hydroxylation sites is 1. The van der Waals surface area contributed by atoms with Gasteiger partial charge in [-0.2, -0.15) is 5.10 Å². The molecule has 3 aromatic carbocycles. The number of amides is 1. The number of halogens is 1. The third-order valence-electron chi connectivity index (χ3n) is 4.57. The molecule has 0 fully saturated rings. The summed E-state index contributed by atoms with van der Waals surface area (Å²) in [5.74, 6) is 1.40.